The molecule has 0 radical (unpaired) electrons. The van der Waals surface area contributed by atoms with Gasteiger partial charge in [-0.15, -0.1) is 10.2 Å². The third-order valence-electron chi connectivity index (χ3n) is 2.24. The predicted octanol–water partition coefficient (Wildman–Crippen LogP) is -1.11. The van der Waals surface area contributed by atoms with E-state index in [0.29, 0.717) is 18.5 Å². The molecule has 1 saturated carbocycles. The summed E-state index contributed by atoms with van der Waals surface area (Å²) >= 11 is 0. The van der Waals surface area contributed by atoms with Crippen molar-refractivity contribution < 1.29 is 0 Å². The molecule has 1 fully saturated rings. The number of hydrogen-bond donors (Lipinski definition) is 3. The van der Waals surface area contributed by atoms with Gasteiger partial charge in [-0.2, -0.15) is 0 Å². The number of rotatable bonds is 3. The van der Waals surface area contributed by atoms with Crippen LogP contribution in [0, 0.1) is 0 Å². The number of nitrogens with one attached hydrogen (secondary N) is 2. The highest BCUT2D eigenvalue weighted by Gasteiger charge is 2.21. The van der Waals surface area contributed by atoms with Crippen molar-refractivity contribution in [2.75, 3.05) is 0 Å². The average molecular weight is 209 g/mol. The van der Waals surface area contributed by atoms with Gasteiger partial charge in [-0.3, -0.25) is 5.43 Å². The van der Waals surface area contributed by atoms with Gasteiger partial charge < -0.3 is 9.88 Å². The van der Waals surface area contributed by atoms with Gasteiger partial charge in [-0.25, -0.2) is 10.8 Å². The minimum atomic E-state index is 0.468. The standard InChI is InChI=1S/C8H15N7/c1-15-5-11-14-7(15)4-10-8(13-9)12-6-2-3-6/h5-6H,2-4,9H2,1H3,(H2,10,12,13). The van der Waals surface area contributed by atoms with Gasteiger partial charge in [-0.1, -0.05) is 0 Å². The van der Waals surface area contributed by atoms with Crippen molar-refractivity contribution in [1.29, 1.82) is 0 Å². The number of aliphatic imine (C=N–C) groups is 1. The highest BCUT2D eigenvalue weighted by Crippen LogP contribution is 2.18. The molecule has 1 aliphatic rings. The Labute approximate surface area is 87.7 Å². The summed E-state index contributed by atoms with van der Waals surface area (Å²) in [4.78, 5) is 4.27. The zero-order valence-corrected chi connectivity index (χ0v) is 8.64. The van der Waals surface area contributed by atoms with E-state index in [1.54, 1.807) is 6.33 Å². The first-order valence-electron chi connectivity index (χ1n) is 4.90. The molecule has 15 heavy (non-hydrogen) atoms. The Morgan fingerprint density at radius 2 is 2.53 bits per heavy atom. The van der Waals surface area contributed by atoms with Crippen LogP contribution in [0.2, 0.25) is 0 Å². The second-order valence-electron chi connectivity index (χ2n) is 3.59. The molecule has 7 heteroatoms. The topological polar surface area (TPSA) is 93.2 Å². The van der Waals surface area contributed by atoms with Crippen LogP contribution in [0.1, 0.15) is 18.7 Å². The lowest BCUT2D eigenvalue weighted by molar-refractivity contribution is 0.768. The lowest BCUT2D eigenvalue weighted by atomic mass is 10.6. The minimum Gasteiger partial charge on any atom is -0.353 e. The highest BCUT2D eigenvalue weighted by molar-refractivity contribution is 5.79. The van der Waals surface area contributed by atoms with E-state index >= 15 is 0 Å². The van der Waals surface area contributed by atoms with Crippen molar-refractivity contribution in [2.24, 2.45) is 17.9 Å². The molecule has 0 atom stereocenters. The average Bonchev–Trinajstić information content (AvgIpc) is 2.96. The number of aryl methyl sites for hydroxylation is 1. The molecule has 0 aliphatic heterocycles. The summed E-state index contributed by atoms with van der Waals surface area (Å²) < 4.78 is 1.83. The molecule has 0 unspecified atom stereocenters. The number of hydrazine groups is 1. The molecule has 0 aromatic carbocycles. The molecule has 0 amide bonds. The quantitative estimate of drug-likeness (QED) is 0.254. The van der Waals surface area contributed by atoms with Crippen LogP contribution in [0.15, 0.2) is 11.3 Å². The molecule has 1 heterocycles. The normalized spacial score (nSPS) is 16.5. The first-order valence-corrected chi connectivity index (χ1v) is 4.90. The number of nitrogens with zero attached hydrogens (tertiary/aromatic N) is 4. The van der Waals surface area contributed by atoms with Crippen LogP contribution < -0.4 is 16.6 Å². The molecule has 0 spiro atoms. The first kappa shape index (κ1) is 9.91. The second kappa shape index (κ2) is 4.26. The van der Waals surface area contributed by atoms with Crippen LogP contribution in [-0.2, 0) is 13.6 Å². The molecule has 82 valence electrons. The number of guanidine groups is 1. The molecule has 2 rings (SSSR count). The van der Waals surface area contributed by atoms with Gasteiger partial charge in [0.2, 0.25) is 5.96 Å². The number of nitrogens with two attached hydrogens (primary N) is 1. The molecular formula is C8H15N7. The van der Waals surface area contributed by atoms with Gasteiger partial charge in [0.25, 0.3) is 0 Å². The fourth-order valence-corrected chi connectivity index (χ4v) is 1.15. The maximum Gasteiger partial charge on any atom is 0.206 e. The summed E-state index contributed by atoms with van der Waals surface area (Å²) in [6.45, 7) is 0.468. The van der Waals surface area contributed by atoms with Crippen LogP contribution in [0.25, 0.3) is 0 Å². The zero-order chi connectivity index (χ0) is 10.7. The third-order valence-corrected chi connectivity index (χ3v) is 2.24. The maximum atomic E-state index is 5.34. The molecule has 7 nitrogen and oxygen atoms in total. The van der Waals surface area contributed by atoms with Crippen LogP contribution in [0.4, 0.5) is 0 Å². The Morgan fingerprint density at radius 3 is 3.07 bits per heavy atom. The predicted molar refractivity (Wildman–Crippen MR) is 55.6 cm³/mol. The molecule has 1 aliphatic carbocycles. The zero-order valence-electron chi connectivity index (χ0n) is 8.64. The lowest BCUT2D eigenvalue weighted by Crippen LogP contribution is -2.42. The van der Waals surface area contributed by atoms with Crippen molar-refractivity contribution in [1.82, 2.24) is 25.5 Å². The van der Waals surface area contributed by atoms with Crippen LogP contribution in [0.5, 0.6) is 0 Å². The van der Waals surface area contributed by atoms with E-state index < -0.39 is 0 Å². The number of aromatic nitrogens is 3. The third kappa shape index (κ3) is 2.66. The molecule has 1 aromatic rings. The van der Waals surface area contributed by atoms with Gasteiger partial charge in [0.1, 0.15) is 12.9 Å². The van der Waals surface area contributed by atoms with Crippen molar-refractivity contribution in [3.8, 4) is 0 Å². The SMILES string of the molecule is Cn1cnnc1CN=C(NN)NC1CC1. The van der Waals surface area contributed by atoms with Crippen LogP contribution >= 0.6 is 0 Å². The Bertz CT molecular complexity index is 352. The smallest absolute Gasteiger partial charge is 0.206 e. The summed E-state index contributed by atoms with van der Waals surface area (Å²) in [7, 11) is 1.88. The number of hydrogen-bond acceptors (Lipinski definition) is 4. The monoisotopic (exact) mass is 209 g/mol. The summed E-state index contributed by atoms with van der Waals surface area (Å²) in [5, 5.41) is 10.9. The van der Waals surface area contributed by atoms with Crippen molar-refractivity contribution in [3.05, 3.63) is 12.2 Å². The first-order chi connectivity index (χ1) is 7.29. The fraction of sp³-hybridized carbons (Fsp3) is 0.625. The van der Waals surface area contributed by atoms with E-state index in [1.807, 2.05) is 11.6 Å². The minimum absolute atomic E-state index is 0.468. The summed E-state index contributed by atoms with van der Waals surface area (Å²) in [6.07, 6.45) is 4.02. The largest absolute Gasteiger partial charge is 0.353 e. The molecule has 0 bridgehead atoms. The van der Waals surface area contributed by atoms with Crippen LogP contribution in [-0.4, -0.2) is 26.8 Å². The van der Waals surface area contributed by atoms with E-state index in [1.165, 1.54) is 12.8 Å². The maximum absolute atomic E-state index is 5.34. The van der Waals surface area contributed by atoms with Gasteiger partial charge in [0.05, 0.1) is 0 Å². The Kier molecular flexibility index (Phi) is 2.82. The Balaban J connectivity index is 1.92. The van der Waals surface area contributed by atoms with Gasteiger partial charge in [0, 0.05) is 13.1 Å². The van der Waals surface area contributed by atoms with Crippen LogP contribution in [0.3, 0.4) is 0 Å². The van der Waals surface area contributed by atoms with Gasteiger partial charge >= 0.3 is 0 Å². The van der Waals surface area contributed by atoms with E-state index in [2.05, 4.69) is 25.9 Å². The summed E-state index contributed by atoms with van der Waals surface area (Å²) in [5.74, 6) is 6.76. The fourth-order valence-electron chi connectivity index (χ4n) is 1.15. The molecular weight excluding hydrogens is 194 g/mol. The lowest BCUT2D eigenvalue weighted by Gasteiger charge is -2.06. The second-order valence-corrected chi connectivity index (χ2v) is 3.59. The van der Waals surface area contributed by atoms with Crippen molar-refractivity contribution in [2.45, 2.75) is 25.4 Å². The summed E-state index contributed by atoms with van der Waals surface area (Å²) in [6, 6.07) is 0.527. The molecule has 4 N–H and O–H groups in total. The highest BCUT2D eigenvalue weighted by atomic mass is 15.3. The van der Waals surface area contributed by atoms with E-state index in [0.717, 1.165) is 5.82 Å². The molecule has 0 saturated heterocycles. The Morgan fingerprint density at radius 1 is 1.73 bits per heavy atom. The van der Waals surface area contributed by atoms with Gasteiger partial charge in [0.15, 0.2) is 5.82 Å². The van der Waals surface area contributed by atoms with Crippen molar-refractivity contribution >= 4 is 5.96 Å². The van der Waals surface area contributed by atoms with Gasteiger partial charge in [-0.05, 0) is 12.8 Å². The van der Waals surface area contributed by atoms with E-state index in [9.17, 15) is 0 Å². The van der Waals surface area contributed by atoms with Crippen molar-refractivity contribution in [3.63, 3.8) is 0 Å². The Hall–Kier alpha value is -1.63. The van der Waals surface area contributed by atoms with E-state index in [-0.39, 0.29) is 0 Å². The summed E-state index contributed by atoms with van der Waals surface area (Å²) in [5.41, 5.74) is 2.54. The van der Waals surface area contributed by atoms with E-state index in [4.69, 9.17) is 5.84 Å². The molecule has 1 aromatic heterocycles.